The second kappa shape index (κ2) is 5.81. The highest BCUT2D eigenvalue weighted by Crippen LogP contribution is 2.28. The van der Waals surface area contributed by atoms with E-state index in [2.05, 4.69) is 5.32 Å². The van der Waals surface area contributed by atoms with Crippen LogP contribution in [0, 0.1) is 5.92 Å². The van der Waals surface area contributed by atoms with Crippen molar-refractivity contribution >= 4 is 46.7 Å². The van der Waals surface area contributed by atoms with Gasteiger partial charge in [-0.1, -0.05) is 36.5 Å². The molecule has 1 aromatic rings. The van der Waals surface area contributed by atoms with Gasteiger partial charge in [-0.2, -0.15) is 0 Å². The molecule has 2 rings (SSSR count). The lowest BCUT2D eigenvalue weighted by Crippen LogP contribution is -2.58. The third kappa shape index (κ3) is 2.78. The zero-order valence-electron chi connectivity index (χ0n) is 10.7. The summed E-state index contributed by atoms with van der Waals surface area (Å²) in [5, 5.41) is 2.78. The van der Waals surface area contributed by atoms with Crippen LogP contribution in [0.5, 0.6) is 0 Å². The summed E-state index contributed by atoms with van der Waals surface area (Å²) in [7, 11) is 0. The summed E-state index contributed by atoms with van der Waals surface area (Å²) in [5.74, 6) is -1.99. The molecule has 1 unspecified atom stereocenters. The number of hydrogen-bond donors (Lipinski definition) is 1. The standard InChI is InChI=1S/C13H12Cl2N2O3/c1-2-3-10-11(18)16-13(20)17(12(10)19)9-5-7(14)4-8(15)6-9/h4-6,10H,2-3H2,1H3,(H,16,18,20). The summed E-state index contributed by atoms with van der Waals surface area (Å²) in [5.41, 5.74) is 0.249. The molecule has 1 aromatic carbocycles. The Balaban J connectivity index is 2.40. The third-order valence-corrected chi connectivity index (χ3v) is 3.39. The fourth-order valence-electron chi connectivity index (χ4n) is 2.07. The molecule has 1 N–H and O–H groups in total. The first-order valence-electron chi connectivity index (χ1n) is 6.09. The van der Waals surface area contributed by atoms with Gasteiger partial charge in [-0.05, 0) is 24.6 Å². The number of carbonyl (C=O) groups is 3. The van der Waals surface area contributed by atoms with Crippen molar-refractivity contribution in [1.29, 1.82) is 0 Å². The summed E-state index contributed by atoms with van der Waals surface area (Å²) in [6.45, 7) is 1.86. The molecule has 5 nitrogen and oxygen atoms in total. The second-order valence-corrected chi connectivity index (χ2v) is 5.31. The number of barbiturate groups is 1. The first-order chi connectivity index (χ1) is 9.43. The van der Waals surface area contributed by atoms with Crippen LogP contribution in [0.25, 0.3) is 0 Å². The highest BCUT2D eigenvalue weighted by atomic mass is 35.5. The number of hydrogen-bond acceptors (Lipinski definition) is 3. The minimum atomic E-state index is -0.865. The number of amides is 4. The van der Waals surface area contributed by atoms with Gasteiger partial charge in [0.2, 0.25) is 11.8 Å². The fraction of sp³-hybridized carbons (Fsp3) is 0.308. The zero-order chi connectivity index (χ0) is 14.9. The maximum absolute atomic E-state index is 12.3. The number of benzene rings is 1. The van der Waals surface area contributed by atoms with Gasteiger partial charge in [0, 0.05) is 10.0 Å². The Hall–Kier alpha value is -1.59. The van der Waals surface area contributed by atoms with E-state index in [-0.39, 0.29) is 5.69 Å². The van der Waals surface area contributed by atoms with E-state index in [1.165, 1.54) is 18.2 Å². The van der Waals surface area contributed by atoms with Crippen molar-refractivity contribution in [3.05, 3.63) is 28.2 Å². The molecule has 0 spiro atoms. The van der Waals surface area contributed by atoms with Crippen molar-refractivity contribution in [1.82, 2.24) is 5.32 Å². The van der Waals surface area contributed by atoms with Crippen LogP contribution in [0.4, 0.5) is 10.5 Å². The van der Waals surface area contributed by atoms with Crippen LogP contribution < -0.4 is 10.2 Å². The molecular formula is C13H12Cl2N2O3. The second-order valence-electron chi connectivity index (χ2n) is 4.44. The Kier molecular flexibility index (Phi) is 4.30. The van der Waals surface area contributed by atoms with E-state index < -0.39 is 23.8 Å². The van der Waals surface area contributed by atoms with Crippen molar-refractivity contribution in [3.63, 3.8) is 0 Å². The van der Waals surface area contributed by atoms with Crippen molar-refractivity contribution < 1.29 is 14.4 Å². The molecule has 1 fully saturated rings. The van der Waals surface area contributed by atoms with E-state index in [1.54, 1.807) is 0 Å². The Morgan fingerprint density at radius 3 is 2.30 bits per heavy atom. The highest BCUT2D eigenvalue weighted by molar-refractivity contribution is 6.36. The van der Waals surface area contributed by atoms with E-state index in [1.807, 2.05) is 6.92 Å². The monoisotopic (exact) mass is 314 g/mol. The number of rotatable bonds is 3. The van der Waals surface area contributed by atoms with E-state index in [9.17, 15) is 14.4 Å². The summed E-state index contributed by atoms with van der Waals surface area (Å²) in [6.07, 6.45) is 1.03. The average molecular weight is 315 g/mol. The number of nitrogens with zero attached hydrogens (tertiary/aromatic N) is 1. The Morgan fingerprint density at radius 2 is 1.75 bits per heavy atom. The van der Waals surface area contributed by atoms with Crippen LogP contribution in [-0.2, 0) is 9.59 Å². The van der Waals surface area contributed by atoms with Crippen molar-refractivity contribution in [2.45, 2.75) is 19.8 Å². The molecule has 0 bridgehead atoms. The lowest BCUT2D eigenvalue weighted by molar-refractivity contribution is -0.134. The molecule has 4 amide bonds. The van der Waals surface area contributed by atoms with Gasteiger partial charge in [0.05, 0.1) is 5.69 Å². The van der Waals surface area contributed by atoms with Crippen LogP contribution in [0.3, 0.4) is 0 Å². The highest BCUT2D eigenvalue weighted by Gasteiger charge is 2.40. The molecule has 20 heavy (non-hydrogen) atoms. The Labute approximate surface area is 125 Å². The van der Waals surface area contributed by atoms with E-state index >= 15 is 0 Å². The first kappa shape index (κ1) is 14.8. The van der Waals surface area contributed by atoms with E-state index in [0.717, 1.165) is 4.90 Å². The van der Waals surface area contributed by atoms with Crippen molar-refractivity contribution in [3.8, 4) is 0 Å². The molecule has 0 saturated carbocycles. The van der Waals surface area contributed by atoms with Crippen LogP contribution in [0.15, 0.2) is 18.2 Å². The van der Waals surface area contributed by atoms with Crippen molar-refractivity contribution in [2.75, 3.05) is 4.90 Å². The summed E-state index contributed by atoms with van der Waals surface area (Å²) < 4.78 is 0. The van der Waals surface area contributed by atoms with Crippen LogP contribution in [0.1, 0.15) is 19.8 Å². The maximum atomic E-state index is 12.3. The molecule has 1 atom stereocenters. The van der Waals surface area contributed by atoms with Gasteiger partial charge in [-0.25, -0.2) is 9.69 Å². The maximum Gasteiger partial charge on any atom is 0.335 e. The predicted octanol–water partition coefficient (Wildman–Crippen LogP) is 2.99. The number of anilines is 1. The van der Waals surface area contributed by atoms with Crippen LogP contribution in [0.2, 0.25) is 10.0 Å². The predicted molar refractivity (Wildman–Crippen MR) is 75.9 cm³/mol. The smallest absolute Gasteiger partial charge is 0.277 e. The molecule has 0 aliphatic carbocycles. The largest absolute Gasteiger partial charge is 0.335 e. The van der Waals surface area contributed by atoms with Gasteiger partial charge >= 0.3 is 6.03 Å². The van der Waals surface area contributed by atoms with Crippen LogP contribution in [-0.4, -0.2) is 17.8 Å². The lowest BCUT2D eigenvalue weighted by atomic mass is 9.99. The summed E-state index contributed by atoms with van der Waals surface area (Å²) >= 11 is 11.7. The quantitative estimate of drug-likeness (QED) is 0.872. The van der Waals surface area contributed by atoms with E-state index in [4.69, 9.17) is 23.2 Å². The summed E-state index contributed by atoms with van der Waals surface area (Å²) in [4.78, 5) is 36.8. The molecule has 1 aliphatic heterocycles. The number of halogens is 2. The molecule has 1 aliphatic rings. The summed E-state index contributed by atoms with van der Waals surface area (Å²) in [6, 6.07) is 3.60. The topological polar surface area (TPSA) is 66.5 Å². The molecule has 0 aromatic heterocycles. The SMILES string of the molecule is CCCC1C(=O)NC(=O)N(c2cc(Cl)cc(Cl)c2)C1=O. The van der Waals surface area contributed by atoms with Gasteiger partial charge < -0.3 is 0 Å². The molecular weight excluding hydrogens is 303 g/mol. The van der Waals surface area contributed by atoms with Gasteiger partial charge in [0.15, 0.2) is 0 Å². The van der Waals surface area contributed by atoms with Gasteiger partial charge in [-0.3, -0.25) is 14.9 Å². The minimum Gasteiger partial charge on any atom is -0.277 e. The number of nitrogens with one attached hydrogen (secondary N) is 1. The number of urea groups is 1. The van der Waals surface area contributed by atoms with E-state index in [0.29, 0.717) is 22.9 Å². The zero-order valence-corrected chi connectivity index (χ0v) is 12.2. The number of imide groups is 2. The molecule has 1 saturated heterocycles. The van der Waals surface area contributed by atoms with Crippen molar-refractivity contribution in [2.24, 2.45) is 5.92 Å². The third-order valence-electron chi connectivity index (χ3n) is 2.95. The Morgan fingerprint density at radius 1 is 1.15 bits per heavy atom. The molecule has 106 valence electrons. The molecule has 1 heterocycles. The van der Waals surface area contributed by atoms with Gasteiger partial charge in [0.25, 0.3) is 0 Å². The minimum absolute atomic E-state index is 0.249. The number of carbonyl (C=O) groups excluding carboxylic acids is 3. The molecule has 7 heteroatoms. The first-order valence-corrected chi connectivity index (χ1v) is 6.84. The lowest BCUT2D eigenvalue weighted by Gasteiger charge is -2.30. The van der Waals surface area contributed by atoms with Gasteiger partial charge in [-0.15, -0.1) is 0 Å². The fourth-order valence-corrected chi connectivity index (χ4v) is 2.59. The van der Waals surface area contributed by atoms with Gasteiger partial charge in [0.1, 0.15) is 5.92 Å². The average Bonchev–Trinajstić information content (AvgIpc) is 2.33. The van der Waals surface area contributed by atoms with Crippen LogP contribution >= 0.6 is 23.2 Å². The normalized spacial score (nSPS) is 19.2. The Bertz CT molecular complexity index is 569. The molecule has 0 radical (unpaired) electrons.